The summed E-state index contributed by atoms with van der Waals surface area (Å²) >= 11 is 5.89. The third-order valence-corrected chi connectivity index (χ3v) is 3.66. The highest BCUT2D eigenvalue weighted by Gasteiger charge is 2.08. The van der Waals surface area contributed by atoms with Crippen LogP contribution in [0.15, 0.2) is 28.9 Å². The summed E-state index contributed by atoms with van der Waals surface area (Å²) in [6, 6.07) is 6.96. The van der Waals surface area contributed by atoms with Gasteiger partial charge in [-0.25, -0.2) is 0 Å². The standard InChI is InChI=1S/C11H11BrIN/c1-7(2)14-6-10(13)9-5-8(12)3-4-11(9)14/h3-7H,1-2H3. The normalized spacial score (nSPS) is 11.5. The molecule has 74 valence electrons. The fourth-order valence-electron chi connectivity index (χ4n) is 1.61. The fourth-order valence-corrected chi connectivity index (χ4v) is 2.71. The Bertz CT molecular complexity index is 473. The summed E-state index contributed by atoms with van der Waals surface area (Å²) in [6.45, 7) is 4.41. The van der Waals surface area contributed by atoms with Crippen LogP contribution in [0.2, 0.25) is 0 Å². The van der Waals surface area contributed by atoms with Gasteiger partial charge in [0, 0.05) is 31.2 Å². The van der Waals surface area contributed by atoms with Crippen molar-refractivity contribution < 1.29 is 0 Å². The Morgan fingerprint density at radius 2 is 2.07 bits per heavy atom. The molecule has 0 fully saturated rings. The quantitative estimate of drug-likeness (QED) is 0.653. The molecule has 0 radical (unpaired) electrons. The van der Waals surface area contributed by atoms with Crippen molar-refractivity contribution in [2.45, 2.75) is 19.9 Å². The highest BCUT2D eigenvalue weighted by atomic mass is 127. The average Bonchev–Trinajstić information content (AvgIpc) is 2.44. The average molecular weight is 364 g/mol. The second-order valence-electron chi connectivity index (χ2n) is 3.64. The molecule has 3 heteroatoms. The van der Waals surface area contributed by atoms with Crippen LogP contribution in [0.5, 0.6) is 0 Å². The van der Waals surface area contributed by atoms with Gasteiger partial charge in [0.05, 0.1) is 0 Å². The maximum Gasteiger partial charge on any atom is 0.0494 e. The van der Waals surface area contributed by atoms with Gasteiger partial charge < -0.3 is 4.57 Å². The predicted octanol–water partition coefficient (Wildman–Crippen LogP) is 4.59. The van der Waals surface area contributed by atoms with E-state index in [1.165, 1.54) is 14.5 Å². The van der Waals surface area contributed by atoms with E-state index in [4.69, 9.17) is 0 Å². The van der Waals surface area contributed by atoms with Gasteiger partial charge in [0.15, 0.2) is 0 Å². The zero-order valence-corrected chi connectivity index (χ0v) is 11.8. The van der Waals surface area contributed by atoms with Gasteiger partial charge in [-0.3, -0.25) is 0 Å². The molecule has 1 nitrogen and oxygen atoms in total. The molecule has 2 aromatic rings. The Morgan fingerprint density at radius 1 is 1.36 bits per heavy atom. The molecule has 0 amide bonds. The first-order valence-corrected chi connectivity index (χ1v) is 6.42. The second kappa shape index (κ2) is 3.85. The number of nitrogens with zero attached hydrogens (tertiary/aromatic N) is 1. The summed E-state index contributed by atoms with van der Waals surface area (Å²) in [7, 11) is 0. The summed E-state index contributed by atoms with van der Waals surface area (Å²) in [4.78, 5) is 0. The number of halogens is 2. The molecule has 1 heterocycles. The smallest absolute Gasteiger partial charge is 0.0494 e. The molecule has 1 aromatic heterocycles. The maximum absolute atomic E-state index is 3.50. The highest BCUT2D eigenvalue weighted by Crippen LogP contribution is 2.28. The van der Waals surface area contributed by atoms with E-state index in [2.05, 4.69) is 81.3 Å². The lowest BCUT2D eigenvalue weighted by molar-refractivity contribution is 0.622. The van der Waals surface area contributed by atoms with Crippen LogP contribution in [0, 0.1) is 3.57 Å². The second-order valence-corrected chi connectivity index (χ2v) is 5.72. The zero-order chi connectivity index (χ0) is 10.3. The summed E-state index contributed by atoms with van der Waals surface area (Å²) in [6.07, 6.45) is 2.21. The van der Waals surface area contributed by atoms with E-state index in [0.29, 0.717) is 6.04 Å². The van der Waals surface area contributed by atoms with E-state index in [-0.39, 0.29) is 0 Å². The summed E-state index contributed by atoms with van der Waals surface area (Å²) in [5, 5.41) is 1.33. The third-order valence-electron chi connectivity index (χ3n) is 2.30. The minimum absolute atomic E-state index is 0.516. The van der Waals surface area contributed by atoms with Gasteiger partial charge in [-0.05, 0) is 54.6 Å². The Hall–Kier alpha value is -0.0300. The van der Waals surface area contributed by atoms with Crippen molar-refractivity contribution in [3.63, 3.8) is 0 Å². The fraction of sp³-hybridized carbons (Fsp3) is 0.273. The van der Waals surface area contributed by atoms with Crippen LogP contribution in [-0.2, 0) is 0 Å². The van der Waals surface area contributed by atoms with Crippen molar-refractivity contribution >= 4 is 49.4 Å². The molecule has 0 aliphatic rings. The van der Waals surface area contributed by atoms with Gasteiger partial charge in [0.25, 0.3) is 0 Å². The van der Waals surface area contributed by atoms with E-state index in [0.717, 1.165) is 4.47 Å². The summed E-state index contributed by atoms with van der Waals surface area (Å²) < 4.78 is 4.76. The molecule has 0 spiro atoms. The summed E-state index contributed by atoms with van der Waals surface area (Å²) in [5.41, 5.74) is 1.31. The van der Waals surface area contributed by atoms with E-state index >= 15 is 0 Å². The topological polar surface area (TPSA) is 4.93 Å². The summed E-state index contributed by atoms with van der Waals surface area (Å²) in [5.74, 6) is 0. The van der Waals surface area contributed by atoms with Gasteiger partial charge in [-0.2, -0.15) is 0 Å². The Labute approximate surface area is 106 Å². The van der Waals surface area contributed by atoms with Crippen molar-refractivity contribution in [3.8, 4) is 0 Å². The molecule has 0 atom stereocenters. The van der Waals surface area contributed by atoms with Crippen molar-refractivity contribution in [1.29, 1.82) is 0 Å². The van der Waals surface area contributed by atoms with Crippen LogP contribution in [-0.4, -0.2) is 4.57 Å². The lowest BCUT2D eigenvalue weighted by Crippen LogP contribution is -1.97. The van der Waals surface area contributed by atoms with Crippen LogP contribution >= 0.6 is 38.5 Å². The van der Waals surface area contributed by atoms with Crippen molar-refractivity contribution in [2.24, 2.45) is 0 Å². The zero-order valence-electron chi connectivity index (χ0n) is 8.09. The number of rotatable bonds is 1. The Kier molecular flexibility index (Phi) is 2.88. The lowest BCUT2D eigenvalue weighted by Gasteiger charge is -2.08. The number of hydrogen-bond donors (Lipinski definition) is 0. The van der Waals surface area contributed by atoms with E-state index < -0.39 is 0 Å². The molecule has 0 saturated heterocycles. The molecule has 0 unspecified atom stereocenters. The molecule has 0 aliphatic heterocycles. The number of benzene rings is 1. The van der Waals surface area contributed by atoms with Crippen LogP contribution in [0.4, 0.5) is 0 Å². The number of aromatic nitrogens is 1. The van der Waals surface area contributed by atoms with Gasteiger partial charge >= 0.3 is 0 Å². The SMILES string of the molecule is CC(C)n1cc(I)c2cc(Br)ccc21. The first-order chi connectivity index (χ1) is 6.59. The predicted molar refractivity (Wildman–Crippen MR) is 72.7 cm³/mol. The number of fused-ring (bicyclic) bond motifs is 1. The van der Waals surface area contributed by atoms with Gasteiger partial charge in [0.1, 0.15) is 0 Å². The first-order valence-electron chi connectivity index (χ1n) is 4.55. The molecule has 0 aliphatic carbocycles. The monoisotopic (exact) mass is 363 g/mol. The maximum atomic E-state index is 3.50. The van der Waals surface area contributed by atoms with E-state index in [9.17, 15) is 0 Å². The van der Waals surface area contributed by atoms with Gasteiger partial charge in [0.2, 0.25) is 0 Å². The largest absolute Gasteiger partial charge is 0.344 e. The van der Waals surface area contributed by atoms with Crippen molar-refractivity contribution in [2.75, 3.05) is 0 Å². The molecular weight excluding hydrogens is 353 g/mol. The van der Waals surface area contributed by atoms with Crippen molar-refractivity contribution in [3.05, 3.63) is 32.4 Å². The van der Waals surface area contributed by atoms with Crippen LogP contribution in [0.1, 0.15) is 19.9 Å². The Morgan fingerprint density at radius 3 is 2.71 bits per heavy atom. The van der Waals surface area contributed by atoms with E-state index in [1.54, 1.807) is 0 Å². The van der Waals surface area contributed by atoms with Crippen molar-refractivity contribution in [1.82, 2.24) is 4.57 Å². The van der Waals surface area contributed by atoms with Crippen LogP contribution in [0.25, 0.3) is 10.9 Å². The molecule has 0 N–H and O–H groups in total. The molecule has 1 aromatic carbocycles. The minimum Gasteiger partial charge on any atom is -0.344 e. The highest BCUT2D eigenvalue weighted by molar-refractivity contribution is 14.1. The Balaban J connectivity index is 2.77. The van der Waals surface area contributed by atoms with Crippen LogP contribution in [0.3, 0.4) is 0 Å². The minimum atomic E-state index is 0.516. The van der Waals surface area contributed by atoms with Crippen LogP contribution < -0.4 is 0 Å². The third kappa shape index (κ3) is 1.72. The molecule has 2 rings (SSSR count). The first kappa shape index (κ1) is 10.5. The number of hydrogen-bond acceptors (Lipinski definition) is 0. The van der Waals surface area contributed by atoms with E-state index in [1.807, 2.05) is 0 Å². The lowest BCUT2D eigenvalue weighted by atomic mass is 10.2. The van der Waals surface area contributed by atoms with Gasteiger partial charge in [-0.1, -0.05) is 15.9 Å². The molecule has 0 saturated carbocycles. The van der Waals surface area contributed by atoms with Gasteiger partial charge in [-0.15, -0.1) is 0 Å². The molecule has 14 heavy (non-hydrogen) atoms. The molecule has 0 bridgehead atoms. The molecular formula is C11H11BrIN.